The maximum Gasteiger partial charge on any atom is 0.163 e. The van der Waals surface area contributed by atoms with Crippen LogP contribution in [0.5, 0.6) is 0 Å². The van der Waals surface area contributed by atoms with Gasteiger partial charge in [-0.1, -0.05) is 23.2 Å². The molecule has 1 aromatic carbocycles. The molecule has 0 heterocycles. The summed E-state index contributed by atoms with van der Waals surface area (Å²) in [5.41, 5.74) is 0. The Morgan fingerprint density at radius 3 is 2.40 bits per heavy atom. The van der Waals surface area contributed by atoms with E-state index in [0.29, 0.717) is 0 Å². The Kier molecular flexibility index (Phi) is 2.11. The highest BCUT2D eigenvalue weighted by Gasteiger charge is 2.09. The zero-order valence-corrected chi connectivity index (χ0v) is 6.10. The molecular weight excluding hydrogens is 181 g/mol. The predicted octanol–water partition coefficient (Wildman–Crippen LogP) is 3.07. The minimum absolute atomic E-state index is 0.230. The lowest BCUT2D eigenvalue weighted by molar-refractivity contribution is 0.583. The topological polar surface area (TPSA) is 0 Å². The van der Waals surface area contributed by atoms with Crippen LogP contribution in [0.3, 0.4) is 0 Å². The van der Waals surface area contributed by atoms with Crippen molar-refractivity contribution in [3.63, 3.8) is 0 Å². The van der Waals surface area contributed by atoms with Crippen molar-refractivity contribution >= 4 is 23.2 Å². The Labute approximate surface area is 66.4 Å². The fraction of sp³-hybridized carbons (Fsp3) is 0. The van der Waals surface area contributed by atoms with Crippen molar-refractivity contribution in [2.24, 2.45) is 0 Å². The van der Waals surface area contributed by atoms with Gasteiger partial charge in [0, 0.05) is 6.07 Å². The van der Waals surface area contributed by atoms with Crippen molar-refractivity contribution in [3.05, 3.63) is 33.8 Å². The predicted molar refractivity (Wildman–Crippen MR) is 35.2 cm³/mol. The molecule has 0 nitrogen and oxygen atoms in total. The van der Waals surface area contributed by atoms with Crippen LogP contribution in [0.25, 0.3) is 0 Å². The molecule has 53 valence electrons. The van der Waals surface area contributed by atoms with E-state index in [1.165, 1.54) is 0 Å². The summed E-state index contributed by atoms with van der Waals surface area (Å²) in [6.07, 6.45) is 0. The molecule has 0 saturated carbocycles. The average molecular weight is 182 g/mol. The van der Waals surface area contributed by atoms with Gasteiger partial charge in [-0.05, 0) is 6.07 Å². The minimum Gasteiger partial charge on any atom is -0.205 e. The molecule has 0 bridgehead atoms. The third kappa shape index (κ3) is 1.22. The fourth-order valence-corrected chi connectivity index (χ4v) is 0.808. The van der Waals surface area contributed by atoms with Crippen LogP contribution >= 0.6 is 23.2 Å². The maximum absolute atomic E-state index is 12.5. The summed E-state index contributed by atoms with van der Waals surface area (Å²) in [4.78, 5) is 0. The van der Waals surface area contributed by atoms with Gasteiger partial charge in [0.1, 0.15) is 5.02 Å². The summed E-state index contributed by atoms with van der Waals surface area (Å²) in [7, 11) is 0. The molecule has 4 heteroatoms. The molecule has 0 aliphatic rings. The Morgan fingerprint density at radius 2 is 1.90 bits per heavy atom. The Morgan fingerprint density at radius 1 is 1.30 bits per heavy atom. The minimum atomic E-state index is -0.945. The van der Waals surface area contributed by atoms with Crippen LogP contribution in [0, 0.1) is 17.7 Å². The molecule has 0 saturated heterocycles. The fourth-order valence-electron chi connectivity index (χ4n) is 0.455. The van der Waals surface area contributed by atoms with Crippen LogP contribution in [0.15, 0.2) is 6.07 Å². The van der Waals surface area contributed by atoms with Crippen molar-refractivity contribution in [3.8, 4) is 0 Å². The van der Waals surface area contributed by atoms with Gasteiger partial charge in [0.05, 0.1) is 5.02 Å². The Bertz CT molecular complexity index is 233. The van der Waals surface area contributed by atoms with Crippen molar-refractivity contribution in [1.29, 1.82) is 0 Å². The van der Waals surface area contributed by atoms with Gasteiger partial charge in [-0.3, -0.25) is 0 Å². The van der Waals surface area contributed by atoms with E-state index in [2.05, 4.69) is 0 Å². The van der Waals surface area contributed by atoms with E-state index in [1.807, 2.05) is 6.07 Å². The van der Waals surface area contributed by atoms with E-state index in [1.54, 1.807) is 0 Å². The highest BCUT2D eigenvalue weighted by molar-refractivity contribution is 6.34. The first-order chi connectivity index (χ1) is 4.63. The largest absolute Gasteiger partial charge is 0.205 e. The molecule has 0 amide bonds. The molecule has 0 aliphatic heterocycles. The quantitative estimate of drug-likeness (QED) is 0.427. The SMILES string of the molecule is Fc1[c]cc(Cl)c(F)c1Cl. The summed E-state index contributed by atoms with van der Waals surface area (Å²) in [6.45, 7) is 0. The standard InChI is InChI=1S/C6HCl2F2/c7-3-1-2-4(9)5(8)6(3)10/h1H. The van der Waals surface area contributed by atoms with Crippen LogP contribution < -0.4 is 0 Å². The van der Waals surface area contributed by atoms with E-state index in [9.17, 15) is 8.78 Å². The molecule has 10 heavy (non-hydrogen) atoms. The molecule has 1 rings (SSSR count). The number of hydrogen-bond acceptors (Lipinski definition) is 0. The molecule has 1 aromatic rings. The summed E-state index contributed by atoms with van der Waals surface area (Å²) < 4.78 is 24.7. The zero-order chi connectivity index (χ0) is 7.72. The lowest BCUT2D eigenvalue weighted by Crippen LogP contribution is -1.83. The molecule has 0 atom stereocenters. The van der Waals surface area contributed by atoms with Gasteiger partial charge >= 0.3 is 0 Å². The van der Waals surface area contributed by atoms with E-state index in [-0.39, 0.29) is 5.02 Å². The van der Waals surface area contributed by atoms with Gasteiger partial charge in [0.2, 0.25) is 0 Å². The molecular formula is C6HCl2F2. The second-order valence-electron chi connectivity index (χ2n) is 1.58. The second-order valence-corrected chi connectivity index (χ2v) is 2.36. The first-order valence-corrected chi connectivity index (χ1v) is 3.09. The molecule has 0 spiro atoms. The number of rotatable bonds is 0. The average Bonchev–Trinajstić information content (AvgIpc) is 1.93. The lowest BCUT2D eigenvalue weighted by atomic mass is 10.3. The van der Waals surface area contributed by atoms with Crippen LogP contribution in [0.2, 0.25) is 10.0 Å². The summed E-state index contributed by atoms with van der Waals surface area (Å²) in [5, 5.41) is -0.848. The first kappa shape index (κ1) is 7.76. The molecule has 1 radical (unpaired) electrons. The normalized spacial score (nSPS) is 10.0. The first-order valence-electron chi connectivity index (χ1n) is 2.33. The molecule has 0 N–H and O–H groups in total. The van der Waals surface area contributed by atoms with Crippen molar-refractivity contribution in [2.45, 2.75) is 0 Å². The van der Waals surface area contributed by atoms with Gasteiger partial charge < -0.3 is 0 Å². The van der Waals surface area contributed by atoms with Crippen LogP contribution in [0.1, 0.15) is 0 Å². The molecule has 0 aliphatic carbocycles. The van der Waals surface area contributed by atoms with Gasteiger partial charge in [-0.2, -0.15) is 0 Å². The van der Waals surface area contributed by atoms with Crippen LogP contribution in [-0.2, 0) is 0 Å². The smallest absolute Gasteiger partial charge is 0.163 e. The van der Waals surface area contributed by atoms with Crippen molar-refractivity contribution < 1.29 is 8.78 Å². The van der Waals surface area contributed by atoms with Crippen LogP contribution in [0.4, 0.5) is 8.78 Å². The highest BCUT2D eigenvalue weighted by Crippen LogP contribution is 2.24. The zero-order valence-electron chi connectivity index (χ0n) is 4.59. The highest BCUT2D eigenvalue weighted by atomic mass is 35.5. The summed E-state index contributed by atoms with van der Waals surface area (Å²) >= 11 is 10.3. The third-order valence-corrected chi connectivity index (χ3v) is 1.53. The maximum atomic E-state index is 12.5. The van der Waals surface area contributed by atoms with E-state index < -0.39 is 16.7 Å². The Hall–Kier alpha value is -0.340. The molecule has 0 unspecified atom stereocenters. The number of halogens is 4. The van der Waals surface area contributed by atoms with Gasteiger partial charge in [-0.15, -0.1) is 0 Å². The lowest BCUT2D eigenvalue weighted by Gasteiger charge is -1.95. The second kappa shape index (κ2) is 2.72. The van der Waals surface area contributed by atoms with Crippen molar-refractivity contribution in [1.82, 2.24) is 0 Å². The monoisotopic (exact) mass is 181 g/mol. The Balaban J connectivity index is 3.34. The number of benzene rings is 1. The van der Waals surface area contributed by atoms with Crippen molar-refractivity contribution in [2.75, 3.05) is 0 Å². The molecule has 0 aromatic heterocycles. The van der Waals surface area contributed by atoms with E-state index in [4.69, 9.17) is 23.2 Å². The van der Waals surface area contributed by atoms with E-state index in [0.717, 1.165) is 6.07 Å². The van der Waals surface area contributed by atoms with Gasteiger partial charge in [0.25, 0.3) is 0 Å². The third-order valence-electron chi connectivity index (χ3n) is 0.921. The molecule has 0 fully saturated rings. The summed E-state index contributed by atoms with van der Waals surface area (Å²) in [6, 6.07) is 3.02. The summed E-state index contributed by atoms with van der Waals surface area (Å²) in [5.74, 6) is -1.87. The van der Waals surface area contributed by atoms with E-state index >= 15 is 0 Å². The van der Waals surface area contributed by atoms with Gasteiger partial charge in [-0.25, -0.2) is 8.78 Å². The number of hydrogen-bond donors (Lipinski definition) is 0. The van der Waals surface area contributed by atoms with Crippen LogP contribution in [-0.4, -0.2) is 0 Å². The van der Waals surface area contributed by atoms with Gasteiger partial charge in [0.15, 0.2) is 11.6 Å².